The third-order valence-corrected chi connectivity index (χ3v) is 3.53. The zero-order valence-electron chi connectivity index (χ0n) is 13.1. The average molecular weight is 296 g/mol. The first kappa shape index (κ1) is 15.8. The van der Waals surface area contributed by atoms with Crippen molar-refractivity contribution in [2.75, 3.05) is 14.2 Å². The van der Waals surface area contributed by atoms with Gasteiger partial charge in [0.05, 0.1) is 14.2 Å². The van der Waals surface area contributed by atoms with Crippen molar-refractivity contribution in [1.82, 2.24) is 0 Å². The lowest BCUT2D eigenvalue weighted by molar-refractivity contribution is -0.136. The SMILES string of the molecule is CCC(C(=O)OC)=C(c1ccccc1)c1ccc(OC)cc1. The summed E-state index contributed by atoms with van der Waals surface area (Å²) < 4.78 is 10.2. The third-order valence-electron chi connectivity index (χ3n) is 3.53. The van der Waals surface area contributed by atoms with Crippen molar-refractivity contribution in [3.8, 4) is 5.75 Å². The first-order chi connectivity index (χ1) is 10.7. The van der Waals surface area contributed by atoms with Gasteiger partial charge < -0.3 is 9.47 Å². The van der Waals surface area contributed by atoms with Gasteiger partial charge in [-0.25, -0.2) is 4.79 Å². The van der Waals surface area contributed by atoms with Crippen molar-refractivity contribution in [3.63, 3.8) is 0 Å². The summed E-state index contributed by atoms with van der Waals surface area (Å²) in [5.41, 5.74) is 3.53. The molecule has 2 aromatic rings. The Morgan fingerprint density at radius 2 is 1.50 bits per heavy atom. The van der Waals surface area contributed by atoms with Gasteiger partial charge in [0.2, 0.25) is 0 Å². The molecule has 114 valence electrons. The van der Waals surface area contributed by atoms with Crippen LogP contribution in [0.1, 0.15) is 24.5 Å². The minimum Gasteiger partial charge on any atom is -0.497 e. The van der Waals surface area contributed by atoms with Crippen LogP contribution in [-0.4, -0.2) is 20.2 Å². The lowest BCUT2D eigenvalue weighted by Gasteiger charge is -2.14. The zero-order valence-corrected chi connectivity index (χ0v) is 13.1. The highest BCUT2D eigenvalue weighted by atomic mass is 16.5. The van der Waals surface area contributed by atoms with E-state index in [2.05, 4.69) is 0 Å². The summed E-state index contributed by atoms with van der Waals surface area (Å²) in [7, 11) is 3.05. The van der Waals surface area contributed by atoms with Gasteiger partial charge in [0, 0.05) is 5.57 Å². The van der Waals surface area contributed by atoms with Crippen molar-refractivity contribution in [1.29, 1.82) is 0 Å². The smallest absolute Gasteiger partial charge is 0.334 e. The molecular formula is C19H20O3. The van der Waals surface area contributed by atoms with Crippen LogP contribution in [0.2, 0.25) is 0 Å². The maximum absolute atomic E-state index is 12.1. The van der Waals surface area contributed by atoms with Crippen molar-refractivity contribution in [3.05, 3.63) is 71.3 Å². The van der Waals surface area contributed by atoms with Crippen molar-refractivity contribution < 1.29 is 14.3 Å². The van der Waals surface area contributed by atoms with Crippen LogP contribution in [0.3, 0.4) is 0 Å². The first-order valence-corrected chi connectivity index (χ1v) is 7.22. The van der Waals surface area contributed by atoms with E-state index >= 15 is 0 Å². The Kier molecular flexibility index (Phi) is 5.37. The molecule has 2 aromatic carbocycles. The van der Waals surface area contributed by atoms with E-state index in [9.17, 15) is 4.79 Å². The molecule has 0 atom stereocenters. The van der Waals surface area contributed by atoms with Gasteiger partial charge in [0.1, 0.15) is 5.75 Å². The van der Waals surface area contributed by atoms with Gasteiger partial charge in [-0.3, -0.25) is 0 Å². The molecule has 3 heteroatoms. The number of benzene rings is 2. The molecule has 0 aliphatic heterocycles. The summed E-state index contributed by atoms with van der Waals surface area (Å²) in [6.07, 6.45) is 0.600. The number of ether oxygens (including phenoxy) is 2. The van der Waals surface area contributed by atoms with Gasteiger partial charge in [0.15, 0.2) is 0 Å². The van der Waals surface area contributed by atoms with Crippen LogP contribution >= 0.6 is 0 Å². The van der Waals surface area contributed by atoms with Crippen molar-refractivity contribution >= 4 is 11.5 Å². The van der Waals surface area contributed by atoms with Gasteiger partial charge in [0.25, 0.3) is 0 Å². The van der Waals surface area contributed by atoms with E-state index in [1.165, 1.54) is 7.11 Å². The van der Waals surface area contributed by atoms with Crippen LogP contribution < -0.4 is 4.74 Å². The van der Waals surface area contributed by atoms with Gasteiger partial charge in [-0.2, -0.15) is 0 Å². The molecular weight excluding hydrogens is 276 g/mol. The van der Waals surface area contributed by atoms with Crippen molar-refractivity contribution in [2.24, 2.45) is 0 Å². The maximum Gasteiger partial charge on any atom is 0.334 e. The van der Waals surface area contributed by atoms with E-state index in [0.29, 0.717) is 12.0 Å². The number of carbonyl (C=O) groups is 1. The molecule has 0 heterocycles. The Labute approximate surface area is 131 Å². The number of carbonyl (C=O) groups excluding carboxylic acids is 1. The second-order valence-corrected chi connectivity index (χ2v) is 4.79. The molecule has 0 amide bonds. The fourth-order valence-corrected chi connectivity index (χ4v) is 2.42. The Morgan fingerprint density at radius 1 is 0.909 bits per heavy atom. The average Bonchev–Trinajstić information content (AvgIpc) is 2.60. The van der Waals surface area contributed by atoms with E-state index in [4.69, 9.17) is 9.47 Å². The van der Waals surface area contributed by atoms with Crippen LogP contribution in [0.5, 0.6) is 5.75 Å². The molecule has 0 unspecified atom stereocenters. The van der Waals surface area contributed by atoms with Crippen LogP contribution in [-0.2, 0) is 9.53 Å². The normalized spacial score (nSPS) is 11.6. The molecule has 0 spiro atoms. The summed E-state index contributed by atoms with van der Waals surface area (Å²) in [4.78, 5) is 12.1. The molecule has 0 saturated heterocycles. The number of hydrogen-bond acceptors (Lipinski definition) is 3. The van der Waals surface area contributed by atoms with Gasteiger partial charge in [-0.15, -0.1) is 0 Å². The van der Waals surface area contributed by atoms with Gasteiger partial charge in [-0.1, -0.05) is 49.4 Å². The quantitative estimate of drug-likeness (QED) is 0.616. The van der Waals surface area contributed by atoms with E-state index in [1.54, 1.807) is 7.11 Å². The Bertz CT molecular complexity index is 655. The zero-order chi connectivity index (χ0) is 15.9. The molecule has 0 aliphatic carbocycles. The molecule has 3 nitrogen and oxygen atoms in total. The third kappa shape index (κ3) is 3.37. The number of rotatable bonds is 5. The van der Waals surface area contributed by atoms with E-state index in [-0.39, 0.29) is 5.97 Å². The second-order valence-electron chi connectivity index (χ2n) is 4.79. The Hall–Kier alpha value is -2.55. The summed E-state index contributed by atoms with van der Waals surface area (Å²) >= 11 is 0. The molecule has 0 radical (unpaired) electrons. The number of esters is 1. The summed E-state index contributed by atoms with van der Waals surface area (Å²) in [6, 6.07) is 17.6. The van der Waals surface area contributed by atoms with Crippen LogP contribution in [0.25, 0.3) is 5.57 Å². The fourth-order valence-electron chi connectivity index (χ4n) is 2.42. The predicted molar refractivity (Wildman–Crippen MR) is 87.8 cm³/mol. The maximum atomic E-state index is 12.1. The lowest BCUT2D eigenvalue weighted by Crippen LogP contribution is -2.08. The van der Waals surface area contributed by atoms with Crippen LogP contribution in [0.4, 0.5) is 0 Å². The van der Waals surface area contributed by atoms with Gasteiger partial charge in [-0.05, 0) is 35.3 Å². The molecule has 0 aromatic heterocycles. The standard InChI is InChI=1S/C19H20O3/c1-4-17(19(20)22-3)18(14-8-6-5-7-9-14)15-10-12-16(21-2)13-11-15/h5-13H,4H2,1-3H3. The highest BCUT2D eigenvalue weighted by Gasteiger charge is 2.17. The Balaban J connectivity index is 2.64. The molecule has 22 heavy (non-hydrogen) atoms. The van der Waals surface area contributed by atoms with Crippen LogP contribution in [0, 0.1) is 0 Å². The predicted octanol–water partition coefficient (Wildman–Crippen LogP) is 4.08. The number of methoxy groups -OCH3 is 2. The minimum atomic E-state index is -0.294. The van der Waals surface area contributed by atoms with E-state index in [0.717, 1.165) is 22.4 Å². The molecule has 2 rings (SSSR count). The minimum absolute atomic E-state index is 0.294. The van der Waals surface area contributed by atoms with E-state index < -0.39 is 0 Å². The largest absolute Gasteiger partial charge is 0.497 e. The second kappa shape index (κ2) is 7.46. The number of hydrogen-bond donors (Lipinski definition) is 0. The fraction of sp³-hybridized carbons (Fsp3) is 0.211. The molecule has 0 N–H and O–H groups in total. The summed E-state index contributed by atoms with van der Waals surface area (Å²) in [6.45, 7) is 1.96. The highest BCUT2D eigenvalue weighted by Crippen LogP contribution is 2.30. The lowest BCUT2D eigenvalue weighted by atomic mass is 9.92. The molecule has 0 saturated carbocycles. The van der Waals surface area contributed by atoms with Gasteiger partial charge >= 0.3 is 5.97 Å². The monoisotopic (exact) mass is 296 g/mol. The van der Waals surface area contributed by atoms with E-state index in [1.807, 2.05) is 61.5 Å². The molecule has 0 fully saturated rings. The first-order valence-electron chi connectivity index (χ1n) is 7.22. The Morgan fingerprint density at radius 3 is 2.00 bits per heavy atom. The summed E-state index contributed by atoms with van der Waals surface area (Å²) in [5, 5.41) is 0. The topological polar surface area (TPSA) is 35.5 Å². The summed E-state index contributed by atoms with van der Waals surface area (Å²) in [5.74, 6) is 0.490. The molecule has 0 aliphatic rings. The van der Waals surface area contributed by atoms with Crippen LogP contribution in [0.15, 0.2) is 60.2 Å². The highest BCUT2D eigenvalue weighted by molar-refractivity contribution is 6.01. The van der Waals surface area contributed by atoms with Crippen molar-refractivity contribution in [2.45, 2.75) is 13.3 Å². The molecule has 0 bridgehead atoms.